The Labute approximate surface area is 131 Å². The van der Waals surface area contributed by atoms with Crippen molar-refractivity contribution in [3.8, 4) is 11.1 Å². The number of rotatable bonds is 7. The van der Waals surface area contributed by atoms with Gasteiger partial charge in [0.2, 0.25) is 0 Å². The topological polar surface area (TPSA) is 49.8 Å². The largest absolute Gasteiger partial charge is 0.478 e. The number of anilines is 1. The van der Waals surface area contributed by atoms with E-state index in [9.17, 15) is 9.90 Å². The smallest absolute Gasteiger partial charge is 0.335 e. The van der Waals surface area contributed by atoms with Crippen molar-refractivity contribution in [3.63, 3.8) is 0 Å². The second kappa shape index (κ2) is 7.61. The van der Waals surface area contributed by atoms with Crippen molar-refractivity contribution < 1.29 is 14.6 Å². The minimum absolute atomic E-state index is 0.297. The molecule has 0 aliphatic heterocycles. The van der Waals surface area contributed by atoms with E-state index in [1.54, 1.807) is 19.2 Å². The molecule has 0 bridgehead atoms. The molecule has 4 nitrogen and oxygen atoms in total. The van der Waals surface area contributed by atoms with E-state index < -0.39 is 5.97 Å². The molecule has 2 aromatic carbocycles. The first-order chi connectivity index (χ1) is 10.7. The molecule has 0 aliphatic carbocycles. The lowest BCUT2D eigenvalue weighted by Gasteiger charge is -2.26. The maximum atomic E-state index is 11.3. The number of benzene rings is 2. The maximum Gasteiger partial charge on any atom is 0.335 e. The normalized spacial score (nSPS) is 10.5. The number of likely N-dealkylation sites (N-methyl/N-ethyl adjacent to an activating group) is 1. The van der Waals surface area contributed by atoms with Crippen LogP contribution in [-0.4, -0.2) is 37.9 Å². The van der Waals surface area contributed by atoms with Crippen LogP contribution in [0.2, 0.25) is 0 Å². The van der Waals surface area contributed by atoms with E-state index in [1.165, 1.54) is 0 Å². The molecule has 0 amide bonds. The van der Waals surface area contributed by atoms with Crippen molar-refractivity contribution in [2.75, 3.05) is 31.7 Å². The van der Waals surface area contributed by atoms with E-state index in [4.69, 9.17) is 4.74 Å². The van der Waals surface area contributed by atoms with Crippen LogP contribution in [0.5, 0.6) is 0 Å². The Bertz CT molecular complexity index is 625. The standard InChI is InChI=1S/C18H21NO3/c1-3-19(11-12-22-2)17-13-15(18(20)21)9-10-16(17)14-7-5-4-6-8-14/h4-10,13H,3,11-12H2,1-2H3,(H,20,21). The summed E-state index contributed by atoms with van der Waals surface area (Å²) in [6.45, 7) is 4.15. The monoisotopic (exact) mass is 299 g/mol. The quantitative estimate of drug-likeness (QED) is 0.850. The highest BCUT2D eigenvalue weighted by Crippen LogP contribution is 2.32. The van der Waals surface area contributed by atoms with Gasteiger partial charge in [0.05, 0.1) is 12.2 Å². The molecule has 0 atom stereocenters. The van der Waals surface area contributed by atoms with Gasteiger partial charge in [-0.1, -0.05) is 36.4 Å². The number of methoxy groups -OCH3 is 1. The summed E-state index contributed by atoms with van der Waals surface area (Å²) < 4.78 is 5.16. The molecule has 2 rings (SSSR count). The number of carbonyl (C=O) groups is 1. The summed E-state index contributed by atoms with van der Waals surface area (Å²) in [5, 5.41) is 9.26. The molecule has 0 saturated heterocycles. The van der Waals surface area contributed by atoms with Gasteiger partial charge in [0, 0.05) is 31.5 Å². The first kappa shape index (κ1) is 16.0. The van der Waals surface area contributed by atoms with Gasteiger partial charge in [-0.15, -0.1) is 0 Å². The molecule has 0 unspecified atom stereocenters. The highest BCUT2D eigenvalue weighted by molar-refractivity contribution is 5.92. The Morgan fingerprint density at radius 2 is 1.91 bits per heavy atom. The van der Waals surface area contributed by atoms with Crippen LogP contribution in [0.3, 0.4) is 0 Å². The lowest BCUT2D eigenvalue weighted by molar-refractivity contribution is 0.0697. The Kier molecular flexibility index (Phi) is 5.55. The summed E-state index contributed by atoms with van der Waals surface area (Å²) in [6.07, 6.45) is 0. The third kappa shape index (κ3) is 3.65. The summed E-state index contributed by atoms with van der Waals surface area (Å²) in [5.41, 5.74) is 3.32. The second-order valence-electron chi connectivity index (χ2n) is 4.98. The molecule has 2 aromatic rings. The van der Waals surface area contributed by atoms with Crippen molar-refractivity contribution >= 4 is 11.7 Å². The number of aromatic carboxylic acids is 1. The predicted octanol–water partition coefficient (Wildman–Crippen LogP) is 3.52. The van der Waals surface area contributed by atoms with E-state index in [1.807, 2.05) is 36.4 Å². The summed E-state index contributed by atoms with van der Waals surface area (Å²) in [7, 11) is 1.67. The molecule has 0 aliphatic rings. The summed E-state index contributed by atoms with van der Waals surface area (Å²) >= 11 is 0. The van der Waals surface area contributed by atoms with Crippen LogP contribution in [0, 0.1) is 0 Å². The number of nitrogens with zero attached hydrogens (tertiary/aromatic N) is 1. The summed E-state index contributed by atoms with van der Waals surface area (Å²) in [6, 6.07) is 15.3. The van der Waals surface area contributed by atoms with Gasteiger partial charge in [-0.25, -0.2) is 4.79 Å². The molecule has 0 aromatic heterocycles. The minimum Gasteiger partial charge on any atom is -0.478 e. The molecule has 22 heavy (non-hydrogen) atoms. The van der Waals surface area contributed by atoms with Crippen molar-refractivity contribution in [1.82, 2.24) is 0 Å². The SMILES string of the molecule is CCN(CCOC)c1cc(C(=O)O)ccc1-c1ccccc1. The van der Waals surface area contributed by atoms with Gasteiger partial charge in [-0.2, -0.15) is 0 Å². The first-order valence-electron chi connectivity index (χ1n) is 7.34. The summed E-state index contributed by atoms with van der Waals surface area (Å²) in [4.78, 5) is 13.4. The molecule has 0 spiro atoms. The van der Waals surface area contributed by atoms with E-state index in [-0.39, 0.29) is 0 Å². The molecule has 0 saturated carbocycles. The number of hydrogen-bond acceptors (Lipinski definition) is 3. The number of ether oxygens (including phenoxy) is 1. The Morgan fingerprint density at radius 1 is 1.18 bits per heavy atom. The first-order valence-corrected chi connectivity index (χ1v) is 7.34. The van der Waals surface area contributed by atoms with Gasteiger partial charge in [0.15, 0.2) is 0 Å². The van der Waals surface area contributed by atoms with Crippen molar-refractivity contribution in [2.24, 2.45) is 0 Å². The van der Waals surface area contributed by atoms with E-state index >= 15 is 0 Å². The number of carboxylic acids is 1. The van der Waals surface area contributed by atoms with Crippen LogP contribution in [0.15, 0.2) is 48.5 Å². The van der Waals surface area contributed by atoms with Crippen LogP contribution in [0.25, 0.3) is 11.1 Å². The molecule has 0 heterocycles. The van der Waals surface area contributed by atoms with Gasteiger partial charge < -0.3 is 14.7 Å². The zero-order chi connectivity index (χ0) is 15.9. The van der Waals surface area contributed by atoms with Crippen LogP contribution < -0.4 is 4.90 Å². The van der Waals surface area contributed by atoms with Gasteiger partial charge in [0.25, 0.3) is 0 Å². The van der Waals surface area contributed by atoms with Gasteiger partial charge >= 0.3 is 5.97 Å². The van der Waals surface area contributed by atoms with E-state index in [0.29, 0.717) is 12.2 Å². The fraction of sp³-hybridized carbons (Fsp3) is 0.278. The van der Waals surface area contributed by atoms with Gasteiger partial charge in [-0.05, 0) is 24.6 Å². The Morgan fingerprint density at radius 3 is 2.50 bits per heavy atom. The average Bonchev–Trinajstić information content (AvgIpc) is 2.56. The van der Waals surface area contributed by atoms with E-state index in [0.717, 1.165) is 29.9 Å². The molecule has 0 radical (unpaired) electrons. The Balaban J connectivity index is 2.50. The lowest BCUT2D eigenvalue weighted by Crippen LogP contribution is -2.27. The van der Waals surface area contributed by atoms with E-state index in [2.05, 4.69) is 11.8 Å². The molecular formula is C18H21NO3. The van der Waals surface area contributed by atoms with Crippen molar-refractivity contribution in [1.29, 1.82) is 0 Å². The molecule has 4 heteroatoms. The maximum absolute atomic E-state index is 11.3. The van der Waals surface area contributed by atoms with Crippen LogP contribution in [0.4, 0.5) is 5.69 Å². The van der Waals surface area contributed by atoms with Crippen LogP contribution in [-0.2, 0) is 4.74 Å². The van der Waals surface area contributed by atoms with Gasteiger partial charge in [-0.3, -0.25) is 0 Å². The fourth-order valence-electron chi connectivity index (χ4n) is 2.44. The average molecular weight is 299 g/mol. The number of carboxylic acid groups (broad SMARTS) is 1. The summed E-state index contributed by atoms with van der Waals surface area (Å²) in [5.74, 6) is -0.913. The van der Waals surface area contributed by atoms with Crippen LogP contribution in [0.1, 0.15) is 17.3 Å². The highest BCUT2D eigenvalue weighted by Gasteiger charge is 2.14. The third-order valence-corrected chi connectivity index (χ3v) is 3.62. The highest BCUT2D eigenvalue weighted by atomic mass is 16.5. The molecule has 116 valence electrons. The van der Waals surface area contributed by atoms with Gasteiger partial charge in [0.1, 0.15) is 0 Å². The fourth-order valence-corrected chi connectivity index (χ4v) is 2.44. The Hall–Kier alpha value is -2.33. The zero-order valence-corrected chi connectivity index (χ0v) is 13.0. The lowest BCUT2D eigenvalue weighted by atomic mass is 10.0. The predicted molar refractivity (Wildman–Crippen MR) is 88.6 cm³/mol. The minimum atomic E-state index is -0.913. The van der Waals surface area contributed by atoms with Crippen molar-refractivity contribution in [2.45, 2.75) is 6.92 Å². The van der Waals surface area contributed by atoms with Crippen LogP contribution >= 0.6 is 0 Å². The molecular weight excluding hydrogens is 278 g/mol. The number of hydrogen-bond donors (Lipinski definition) is 1. The molecule has 1 N–H and O–H groups in total. The zero-order valence-electron chi connectivity index (χ0n) is 13.0. The second-order valence-corrected chi connectivity index (χ2v) is 4.98. The third-order valence-electron chi connectivity index (χ3n) is 3.62. The molecule has 0 fully saturated rings. The van der Waals surface area contributed by atoms with Crippen molar-refractivity contribution in [3.05, 3.63) is 54.1 Å².